The van der Waals surface area contributed by atoms with Gasteiger partial charge in [-0.25, -0.2) is 4.57 Å². The molecule has 0 amide bonds. The van der Waals surface area contributed by atoms with E-state index in [1.807, 2.05) is 0 Å². The SMILES string of the molecule is Cc1c(-c2cc(-c3ccc(C(C)(C)[Si](C)(C)C)cc3)cc[n+]2C)cc(C(C)C)c2ccccc12. The van der Waals surface area contributed by atoms with Gasteiger partial charge in [-0.2, -0.15) is 0 Å². The molecular weight excluding hydrogens is 426 g/mol. The van der Waals surface area contributed by atoms with Crippen LogP contribution in [0.15, 0.2) is 72.9 Å². The number of rotatable bonds is 5. The Balaban J connectivity index is 1.83. The molecule has 3 aromatic carbocycles. The van der Waals surface area contributed by atoms with Crippen molar-refractivity contribution in [2.24, 2.45) is 7.05 Å². The lowest BCUT2D eigenvalue weighted by atomic mass is 9.88. The summed E-state index contributed by atoms with van der Waals surface area (Å²) in [6, 6.07) is 25.2. The zero-order chi connectivity index (χ0) is 24.8. The number of aromatic nitrogens is 1. The summed E-state index contributed by atoms with van der Waals surface area (Å²) in [4.78, 5) is 0. The molecule has 0 radical (unpaired) electrons. The number of fused-ring (bicyclic) bond motifs is 1. The molecule has 1 nitrogen and oxygen atoms in total. The van der Waals surface area contributed by atoms with Crippen LogP contribution in [0.1, 0.15) is 50.3 Å². The Bertz CT molecular complexity index is 1340. The van der Waals surface area contributed by atoms with Crippen LogP contribution in [0, 0.1) is 6.92 Å². The standard InChI is InChI=1S/C32H40NSi/c1-22(2)29-21-30(23(3)27-12-10-11-13-28(27)29)31-20-25(18-19-33(31)6)24-14-16-26(17-15-24)32(4,5)34(7,8)9/h10-22H,1-9H3/q+1. The molecule has 0 N–H and O–H groups in total. The number of pyridine rings is 1. The van der Waals surface area contributed by atoms with Gasteiger partial charge < -0.3 is 0 Å². The molecule has 176 valence electrons. The van der Waals surface area contributed by atoms with Gasteiger partial charge in [0.05, 0.1) is 8.07 Å². The average Bonchev–Trinajstić information content (AvgIpc) is 2.79. The third-order valence-electron chi connectivity index (χ3n) is 8.21. The van der Waals surface area contributed by atoms with E-state index in [1.54, 1.807) is 0 Å². The first-order valence-corrected chi connectivity index (χ1v) is 16.0. The predicted molar refractivity (Wildman–Crippen MR) is 151 cm³/mol. The fourth-order valence-corrected chi connectivity index (χ4v) is 5.85. The van der Waals surface area contributed by atoms with Crippen molar-refractivity contribution in [3.63, 3.8) is 0 Å². The number of aryl methyl sites for hydroxylation is 2. The lowest BCUT2D eigenvalue weighted by molar-refractivity contribution is -0.660. The maximum atomic E-state index is 2.46. The van der Waals surface area contributed by atoms with Gasteiger partial charge in [0.25, 0.3) is 0 Å². The van der Waals surface area contributed by atoms with Gasteiger partial charge in [-0.3, -0.25) is 0 Å². The van der Waals surface area contributed by atoms with E-state index in [2.05, 4.69) is 139 Å². The molecule has 0 aliphatic rings. The van der Waals surface area contributed by atoms with Crippen LogP contribution in [0.5, 0.6) is 0 Å². The second-order valence-corrected chi connectivity index (χ2v) is 17.5. The maximum absolute atomic E-state index is 2.46. The van der Waals surface area contributed by atoms with Crippen LogP contribution in [0.2, 0.25) is 19.6 Å². The molecule has 1 aromatic heterocycles. The molecule has 0 saturated heterocycles. The summed E-state index contributed by atoms with van der Waals surface area (Å²) >= 11 is 0. The van der Waals surface area contributed by atoms with Crippen molar-refractivity contribution >= 4 is 18.8 Å². The van der Waals surface area contributed by atoms with Gasteiger partial charge in [0.1, 0.15) is 7.05 Å². The monoisotopic (exact) mass is 466 g/mol. The second kappa shape index (κ2) is 8.81. The van der Waals surface area contributed by atoms with Crippen LogP contribution in [-0.2, 0) is 12.1 Å². The summed E-state index contributed by atoms with van der Waals surface area (Å²) in [5, 5.41) is 2.97. The largest absolute Gasteiger partial charge is 0.213 e. The van der Waals surface area contributed by atoms with Crippen LogP contribution in [0.3, 0.4) is 0 Å². The van der Waals surface area contributed by atoms with Crippen molar-refractivity contribution in [1.29, 1.82) is 0 Å². The molecule has 1 heterocycles. The summed E-state index contributed by atoms with van der Waals surface area (Å²) in [6.07, 6.45) is 2.20. The third-order valence-corrected chi connectivity index (χ3v) is 12.2. The Labute approximate surface area is 207 Å². The van der Waals surface area contributed by atoms with Gasteiger partial charge >= 0.3 is 0 Å². The fraction of sp³-hybridized carbons (Fsp3) is 0.344. The van der Waals surface area contributed by atoms with Crippen LogP contribution >= 0.6 is 0 Å². The van der Waals surface area contributed by atoms with Gasteiger partial charge in [0.15, 0.2) is 6.20 Å². The molecule has 0 spiro atoms. The second-order valence-electron chi connectivity index (χ2n) is 11.7. The maximum Gasteiger partial charge on any atom is 0.213 e. The highest BCUT2D eigenvalue weighted by Crippen LogP contribution is 2.37. The molecular formula is C32H40NSi+. The number of benzene rings is 3. The van der Waals surface area contributed by atoms with E-state index in [9.17, 15) is 0 Å². The van der Waals surface area contributed by atoms with E-state index in [0.29, 0.717) is 5.92 Å². The highest BCUT2D eigenvalue weighted by atomic mass is 28.3. The van der Waals surface area contributed by atoms with E-state index < -0.39 is 8.07 Å². The molecule has 0 saturated carbocycles. The summed E-state index contributed by atoms with van der Waals surface area (Å²) in [6.45, 7) is 19.0. The molecule has 0 aliphatic heterocycles. The zero-order valence-electron chi connectivity index (χ0n) is 22.5. The third kappa shape index (κ3) is 4.25. The first kappa shape index (κ1) is 24.4. The Morgan fingerprint density at radius 1 is 0.794 bits per heavy atom. The van der Waals surface area contributed by atoms with Crippen molar-refractivity contribution in [3.8, 4) is 22.4 Å². The van der Waals surface area contributed by atoms with Crippen LogP contribution in [0.25, 0.3) is 33.2 Å². The summed E-state index contributed by atoms with van der Waals surface area (Å²) in [5.74, 6) is 0.472. The topological polar surface area (TPSA) is 3.88 Å². The first-order valence-electron chi connectivity index (χ1n) is 12.5. The quantitative estimate of drug-likeness (QED) is 0.205. The first-order chi connectivity index (χ1) is 15.9. The highest BCUT2D eigenvalue weighted by molar-refractivity contribution is 6.78. The Morgan fingerprint density at radius 2 is 1.41 bits per heavy atom. The van der Waals surface area contributed by atoms with Crippen molar-refractivity contribution in [3.05, 3.63) is 89.6 Å². The van der Waals surface area contributed by atoms with Gasteiger partial charge in [-0.1, -0.05) is 95.9 Å². The lowest BCUT2D eigenvalue weighted by Crippen LogP contribution is -2.44. The van der Waals surface area contributed by atoms with Crippen LogP contribution in [0.4, 0.5) is 0 Å². The number of hydrogen-bond donors (Lipinski definition) is 0. The van der Waals surface area contributed by atoms with E-state index in [0.717, 1.165) is 0 Å². The minimum Gasteiger partial charge on any atom is -0.201 e. The summed E-state index contributed by atoms with van der Waals surface area (Å²) in [7, 11) is 0.825. The Kier molecular flexibility index (Phi) is 6.33. The number of nitrogens with zero attached hydrogens (tertiary/aromatic N) is 1. The molecule has 4 aromatic rings. The smallest absolute Gasteiger partial charge is 0.201 e. The minimum atomic E-state index is -1.33. The van der Waals surface area contributed by atoms with Crippen molar-refractivity contribution in [1.82, 2.24) is 0 Å². The van der Waals surface area contributed by atoms with E-state index in [1.165, 1.54) is 49.8 Å². The highest BCUT2D eigenvalue weighted by Gasteiger charge is 2.36. The Hall–Kier alpha value is -2.71. The van der Waals surface area contributed by atoms with E-state index in [4.69, 9.17) is 0 Å². The van der Waals surface area contributed by atoms with Gasteiger partial charge in [0.2, 0.25) is 5.69 Å². The molecule has 0 bridgehead atoms. The fourth-order valence-electron chi connectivity index (χ4n) is 4.82. The van der Waals surface area contributed by atoms with E-state index in [-0.39, 0.29) is 5.04 Å². The summed E-state index contributed by atoms with van der Waals surface area (Å²) in [5.41, 5.74) is 9.34. The predicted octanol–water partition coefficient (Wildman–Crippen LogP) is 8.59. The molecule has 0 atom stereocenters. The molecule has 34 heavy (non-hydrogen) atoms. The van der Waals surface area contributed by atoms with Gasteiger partial charge in [-0.15, -0.1) is 0 Å². The number of hydrogen-bond acceptors (Lipinski definition) is 0. The zero-order valence-corrected chi connectivity index (χ0v) is 23.5. The van der Waals surface area contributed by atoms with Crippen molar-refractivity contribution in [2.75, 3.05) is 0 Å². The van der Waals surface area contributed by atoms with Gasteiger partial charge in [0, 0.05) is 17.7 Å². The molecule has 0 fully saturated rings. The summed E-state index contributed by atoms with van der Waals surface area (Å²) < 4.78 is 2.26. The van der Waals surface area contributed by atoms with Crippen LogP contribution < -0.4 is 4.57 Å². The minimum absolute atomic E-state index is 0.245. The lowest BCUT2D eigenvalue weighted by Gasteiger charge is -2.38. The van der Waals surface area contributed by atoms with Crippen molar-refractivity contribution < 1.29 is 4.57 Å². The average molecular weight is 467 g/mol. The van der Waals surface area contributed by atoms with Gasteiger partial charge in [-0.05, 0) is 62.5 Å². The van der Waals surface area contributed by atoms with Crippen molar-refractivity contribution in [2.45, 2.75) is 65.2 Å². The molecule has 0 aliphatic carbocycles. The molecule has 2 heteroatoms. The van der Waals surface area contributed by atoms with Crippen LogP contribution in [-0.4, -0.2) is 8.07 Å². The Morgan fingerprint density at radius 3 is 2.00 bits per heavy atom. The molecule has 0 unspecified atom stereocenters. The van der Waals surface area contributed by atoms with E-state index >= 15 is 0 Å². The molecule has 4 rings (SSSR count). The normalized spacial score (nSPS) is 12.5.